The molecule has 0 aromatic carbocycles. The summed E-state index contributed by atoms with van der Waals surface area (Å²) in [6.45, 7) is 2.12. The molecule has 2 aromatic rings. The average molecular weight is 228 g/mol. The van der Waals surface area contributed by atoms with Gasteiger partial charge in [0.25, 0.3) is 0 Å². The summed E-state index contributed by atoms with van der Waals surface area (Å²) in [6.07, 6.45) is 6.43. The van der Waals surface area contributed by atoms with E-state index in [1.54, 1.807) is 12.4 Å². The molecule has 0 aliphatic carbocycles. The van der Waals surface area contributed by atoms with Crippen LogP contribution in [0, 0.1) is 0 Å². The van der Waals surface area contributed by atoms with Gasteiger partial charge in [-0.2, -0.15) is 0 Å². The van der Waals surface area contributed by atoms with Gasteiger partial charge in [-0.15, -0.1) is 0 Å². The van der Waals surface area contributed by atoms with Crippen LogP contribution in [0.15, 0.2) is 30.7 Å². The van der Waals surface area contributed by atoms with Crippen LogP contribution in [0.5, 0.6) is 0 Å². The lowest BCUT2D eigenvalue weighted by Gasteiger charge is -2.12. The lowest BCUT2D eigenvalue weighted by molar-refractivity contribution is 0.998. The molecule has 0 spiro atoms. The van der Waals surface area contributed by atoms with E-state index in [4.69, 9.17) is 0 Å². The predicted molar refractivity (Wildman–Crippen MR) is 69.0 cm³/mol. The van der Waals surface area contributed by atoms with Crippen molar-refractivity contribution in [2.75, 3.05) is 19.0 Å². The number of anilines is 1. The van der Waals surface area contributed by atoms with Gasteiger partial charge in [-0.1, -0.05) is 6.92 Å². The van der Waals surface area contributed by atoms with Crippen LogP contribution in [0.1, 0.15) is 12.5 Å². The van der Waals surface area contributed by atoms with E-state index in [1.807, 2.05) is 37.3 Å². The summed E-state index contributed by atoms with van der Waals surface area (Å²) in [4.78, 5) is 14.8. The lowest BCUT2D eigenvalue weighted by atomic mass is 10.1. The molecule has 4 heteroatoms. The first-order valence-corrected chi connectivity index (χ1v) is 5.66. The number of aryl methyl sites for hydroxylation is 1. The molecule has 0 saturated carbocycles. The van der Waals surface area contributed by atoms with Gasteiger partial charge in [0.1, 0.15) is 0 Å². The van der Waals surface area contributed by atoms with E-state index >= 15 is 0 Å². The molecule has 0 radical (unpaired) electrons. The maximum Gasteiger partial charge on any atom is 0.225 e. The molecule has 2 aromatic heterocycles. The number of pyridine rings is 1. The summed E-state index contributed by atoms with van der Waals surface area (Å²) in [5.41, 5.74) is 3.28. The van der Waals surface area contributed by atoms with Crippen molar-refractivity contribution in [1.82, 2.24) is 15.0 Å². The highest BCUT2D eigenvalue weighted by molar-refractivity contribution is 5.63. The monoisotopic (exact) mass is 228 g/mol. The number of nitrogens with zero attached hydrogens (tertiary/aromatic N) is 4. The molecule has 0 unspecified atom stereocenters. The van der Waals surface area contributed by atoms with Crippen molar-refractivity contribution in [1.29, 1.82) is 0 Å². The summed E-state index contributed by atoms with van der Waals surface area (Å²) < 4.78 is 0. The van der Waals surface area contributed by atoms with Crippen molar-refractivity contribution in [2.24, 2.45) is 0 Å². The van der Waals surface area contributed by atoms with Gasteiger partial charge in [0, 0.05) is 38.2 Å². The first-order chi connectivity index (χ1) is 8.22. The molecule has 0 fully saturated rings. The molecule has 0 aliphatic rings. The van der Waals surface area contributed by atoms with Gasteiger partial charge in [0.05, 0.1) is 5.69 Å². The fraction of sp³-hybridized carbons (Fsp3) is 0.308. The Bertz CT molecular complexity index is 508. The van der Waals surface area contributed by atoms with Gasteiger partial charge in [0.2, 0.25) is 5.95 Å². The van der Waals surface area contributed by atoms with E-state index in [0.717, 1.165) is 23.6 Å². The van der Waals surface area contributed by atoms with Crippen LogP contribution < -0.4 is 4.90 Å². The van der Waals surface area contributed by atoms with E-state index in [0.29, 0.717) is 0 Å². The van der Waals surface area contributed by atoms with E-state index in [2.05, 4.69) is 21.9 Å². The van der Waals surface area contributed by atoms with Gasteiger partial charge in [-0.3, -0.25) is 4.98 Å². The van der Waals surface area contributed by atoms with Gasteiger partial charge < -0.3 is 4.90 Å². The number of aromatic nitrogens is 3. The maximum absolute atomic E-state index is 4.54. The topological polar surface area (TPSA) is 41.9 Å². The zero-order valence-electron chi connectivity index (χ0n) is 10.4. The molecule has 0 bridgehead atoms. The number of rotatable bonds is 3. The number of hydrogen-bond acceptors (Lipinski definition) is 4. The van der Waals surface area contributed by atoms with Crippen molar-refractivity contribution < 1.29 is 0 Å². The second kappa shape index (κ2) is 4.91. The first-order valence-electron chi connectivity index (χ1n) is 5.66. The minimum Gasteiger partial charge on any atom is -0.347 e. The van der Waals surface area contributed by atoms with Crippen molar-refractivity contribution in [3.05, 3.63) is 36.3 Å². The number of hydrogen-bond donors (Lipinski definition) is 0. The molecule has 17 heavy (non-hydrogen) atoms. The Kier molecular flexibility index (Phi) is 3.32. The first kappa shape index (κ1) is 11.5. The smallest absolute Gasteiger partial charge is 0.225 e. The molecule has 0 amide bonds. The Hall–Kier alpha value is -1.97. The van der Waals surface area contributed by atoms with Crippen LogP contribution in [0.3, 0.4) is 0 Å². The summed E-state index contributed by atoms with van der Waals surface area (Å²) in [6, 6.07) is 3.93. The van der Waals surface area contributed by atoms with E-state index in [1.165, 1.54) is 5.56 Å². The Morgan fingerprint density at radius 2 is 2.00 bits per heavy atom. The molecule has 0 N–H and O–H groups in total. The predicted octanol–water partition coefficient (Wildman–Crippen LogP) is 2.17. The molecule has 0 aliphatic heterocycles. The highest BCUT2D eigenvalue weighted by Crippen LogP contribution is 2.22. The molecular weight excluding hydrogens is 212 g/mol. The standard InChI is InChI=1S/C13H16N4/c1-4-10-9-14-7-5-11(10)12-6-8-15-13(16-12)17(2)3/h5-9H,4H2,1-3H3. The van der Waals surface area contributed by atoms with E-state index in [-0.39, 0.29) is 0 Å². The lowest BCUT2D eigenvalue weighted by Crippen LogP contribution is -2.12. The van der Waals surface area contributed by atoms with Gasteiger partial charge in [0.15, 0.2) is 0 Å². The third-order valence-electron chi connectivity index (χ3n) is 2.60. The van der Waals surface area contributed by atoms with E-state index < -0.39 is 0 Å². The fourth-order valence-corrected chi connectivity index (χ4v) is 1.67. The molecular formula is C13H16N4. The minimum absolute atomic E-state index is 0.723. The molecule has 2 heterocycles. The summed E-state index contributed by atoms with van der Waals surface area (Å²) >= 11 is 0. The van der Waals surface area contributed by atoms with Gasteiger partial charge in [-0.25, -0.2) is 9.97 Å². The van der Waals surface area contributed by atoms with Crippen LogP contribution in [-0.4, -0.2) is 29.0 Å². The van der Waals surface area contributed by atoms with Crippen molar-refractivity contribution in [2.45, 2.75) is 13.3 Å². The van der Waals surface area contributed by atoms with Crippen LogP contribution in [0.2, 0.25) is 0 Å². The third-order valence-corrected chi connectivity index (χ3v) is 2.60. The summed E-state index contributed by atoms with van der Waals surface area (Å²) in [5.74, 6) is 0.723. The largest absolute Gasteiger partial charge is 0.347 e. The Morgan fingerprint density at radius 3 is 2.71 bits per heavy atom. The summed E-state index contributed by atoms with van der Waals surface area (Å²) in [5, 5.41) is 0. The fourth-order valence-electron chi connectivity index (χ4n) is 1.67. The van der Waals surface area contributed by atoms with Crippen molar-refractivity contribution in [3.63, 3.8) is 0 Å². The van der Waals surface area contributed by atoms with Gasteiger partial charge in [-0.05, 0) is 24.1 Å². The quantitative estimate of drug-likeness (QED) is 0.807. The van der Waals surface area contributed by atoms with Crippen LogP contribution in [0.25, 0.3) is 11.3 Å². The Balaban J connectivity index is 2.49. The molecule has 0 saturated heterocycles. The highest BCUT2D eigenvalue weighted by atomic mass is 15.2. The van der Waals surface area contributed by atoms with Crippen LogP contribution >= 0.6 is 0 Å². The maximum atomic E-state index is 4.54. The minimum atomic E-state index is 0.723. The van der Waals surface area contributed by atoms with Crippen LogP contribution in [0.4, 0.5) is 5.95 Å². The zero-order chi connectivity index (χ0) is 12.3. The molecule has 88 valence electrons. The second-order valence-corrected chi connectivity index (χ2v) is 4.02. The van der Waals surface area contributed by atoms with Crippen LogP contribution in [-0.2, 0) is 6.42 Å². The molecule has 4 nitrogen and oxygen atoms in total. The third kappa shape index (κ3) is 2.41. The Labute approximate surface area is 101 Å². The van der Waals surface area contributed by atoms with Crippen molar-refractivity contribution in [3.8, 4) is 11.3 Å². The molecule has 0 atom stereocenters. The highest BCUT2D eigenvalue weighted by Gasteiger charge is 2.07. The van der Waals surface area contributed by atoms with E-state index in [9.17, 15) is 0 Å². The SMILES string of the molecule is CCc1cnccc1-c1ccnc(N(C)C)n1. The Morgan fingerprint density at radius 1 is 1.18 bits per heavy atom. The van der Waals surface area contributed by atoms with Crippen molar-refractivity contribution >= 4 is 5.95 Å². The normalized spacial score (nSPS) is 10.3. The average Bonchev–Trinajstić information content (AvgIpc) is 2.39. The zero-order valence-corrected chi connectivity index (χ0v) is 10.4. The molecule has 2 rings (SSSR count). The van der Waals surface area contributed by atoms with Gasteiger partial charge >= 0.3 is 0 Å². The summed E-state index contributed by atoms with van der Waals surface area (Å²) in [7, 11) is 3.87. The second-order valence-electron chi connectivity index (χ2n) is 4.02.